The van der Waals surface area contributed by atoms with Gasteiger partial charge in [-0.25, -0.2) is 19.9 Å². The highest BCUT2D eigenvalue weighted by Crippen LogP contribution is 2.44. The number of amides is 3. The Labute approximate surface area is 299 Å². The van der Waals surface area contributed by atoms with Gasteiger partial charge < -0.3 is 27.8 Å². The lowest BCUT2D eigenvalue weighted by atomic mass is 9.72. The number of aromatic nitrogens is 4. The van der Waals surface area contributed by atoms with Crippen molar-refractivity contribution in [2.45, 2.75) is 63.5 Å². The van der Waals surface area contributed by atoms with E-state index in [0.29, 0.717) is 23.0 Å². The van der Waals surface area contributed by atoms with Crippen molar-refractivity contribution in [1.29, 1.82) is 0 Å². The van der Waals surface area contributed by atoms with E-state index in [1.807, 2.05) is 24.3 Å². The Morgan fingerprint density at radius 1 is 0.633 bits per heavy atom. The van der Waals surface area contributed by atoms with Gasteiger partial charge in [0.05, 0.1) is 22.2 Å². The van der Waals surface area contributed by atoms with E-state index in [-0.39, 0.29) is 18.5 Å². The van der Waals surface area contributed by atoms with E-state index in [1.165, 1.54) is 48.8 Å². The van der Waals surface area contributed by atoms with Crippen molar-refractivity contribution in [3.05, 3.63) is 105 Å². The topological polar surface area (TPSA) is 205 Å². The maximum absolute atomic E-state index is 11.0. The first-order chi connectivity index (χ1) is 22.8. The SMILES string of the molecule is C.NC(=O)C(F)F.NC(=O)c1cnc(NC2(c3ccc(Br)cc3)CCC2)nc1.NC(=O)c1cnc(NC2(c3ccc(Br)cc3)CCC2)nc1. The molecule has 0 spiro atoms. The van der Waals surface area contributed by atoms with Crippen LogP contribution in [0.25, 0.3) is 0 Å². The van der Waals surface area contributed by atoms with Gasteiger partial charge in [0, 0.05) is 33.7 Å². The zero-order valence-corrected chi connectivity index (χ0v) is 28.7. The molecule has 2 fully saturated rings. The summed E-state index contributed by atoms with van der Waals surface area (Å²) in [6, 6.07) is 16.6. The van der Waals surface area contributed by atoms with Gasteiger partial charge in [0.25, 0.3) is 17.7 Å². The summed E-state index contributed by atoms with van der Waals surface area (Å²) in [7, 11) is 0. The lowest BCUT2D eigenvalue weighted by molar-refractivity contribution is -0.128. The fraction of sp³-hybridized carbons (Fsp3) is 0.303. The number of carbonyl (C=O) groups excluding carboxylic acids is 3. The van der Waals surface area contributed by atoms with Crippen LogP contribution in [0.15, 0.2) is 82.3 Å². The van der Waals surface area contributed by atoms with E-state index in [0.717, 1.165) is 34.6 Å². The Kier molecular flexibility index (Phi) is 13.6. The van der Waals surface area contributed by atoms with Crippen LogP contribution in [0.2, 0.25) is 0 Å². The van der Waals surface area contributed by atoms with Crippen molar-refractivity contribution in [2.24, 2.45) is 17.2 Å². The molecule has 3 amide bonds. The van der Waals surface area contributed by atoms with Gasteiger partial charge in [-0.3, -0.25) is 14.4 Å². The first-order valence-electron chi connectivity index (χ1n) is 14.7. The molecule has 2 saturated carbocycles. The number of rotatable bonds is 9. The first kappa shape index (κ1) is 38.9. The molecule has 0 saturated heterocycles. The Morgan fingerprint density at radius 3 is 1.12 bits per heavy atom. The summed E-state index contributed by atoms with van der Waals surface area (Å²) in [5, 5.41) is 6.81. The summed E-state index contributed by atoms with van der Waals surface area (Å²) in [4.78, 5) is 48.0. The quantitative estimate of drug-likeness (QED) is 0.134. The fourth-order valence-corrected chi connectivity index (χ4v) is 5.57. The average molecular weight is 806 g/mol. The van der Waals surface area contributed by atoms with E-state index < -0.39 is 24.1 Å². The van der Waals surface area contributed by atoms with E-state index in [1.54, 1.807) is 0 Å². The van der Waals surface area contributed by atoms with Gasteiger partial charge in [-0.15, -0.1) is 0 Å². The predicted molar refractivity (Wildman–Crippen MR) is 190 cm³/mol. The van der Waals surface area contributed by atoms with Crippen LogP contribution in [0.3, 0.4) is 0 Å². The molecule has 2 aliphatic carbocycles. The van der Waals surface area contributed by atoms with Crippen LogP contribution < -0.4 is 27.8 Å². The molecule has 49 heavy (non-hydrogen) atoms. The minimum absolute atomic E-state index is 0. The molecule has 0 aliphatic heterocycles. The molecular formula is C33H37Br2F2N9O3. The fourth-order valence-electron chi connectivity index (χ4n) is 5.04. The predicted octanol–water partition coefficient (Wildman–Crippen LogP) is 6.03. The molecule has 2 aromatic carbocycles. The van der Waals surface area contributed by atoms with E-state index in [9.17, 15) is 23.2 Å². The van der Waals surface area contributed by atoms with Crippen molar-refractivity contribution in [1.82, 2.24) is 19.9 Å². The zero-order chi connectivity index (χ0) is 34.9. The highest BCUT2D eigenvalue weighted by molar-refractivity contribution is 9.10. The Bertz CT molecular complexity index is 1580. The van der Waals surface area contributed by atoms with Crippen molar-refractivity contribution >= 4 is 61.5 Å². The summed E-state index contributed by atoms with van der Waals surface area (Å²) in [5.41, 5.74) is 17.3. The van der Waals surface area contributed by atoms with Crippen LogP contribution in [0.4, 0.5) is 20.7 Å². The largest absolute Gasteiger partial charge is 0.366 e. The van der Waals surface area contributed by atoms with E-state index in [4.69, 9.17) is 11.5 Å². The summed E-state index contributed by atoms with van der Waals surface area (Å²) >= 11 is 6.90. The third-order valence-electron chi connectivity index (χ3n) is 8.00. The van der Waals surface area contributed by atoms with Gasteiger partial charge in [0.15, 0.2) is 0 Å². The molecule has 2 aromatic heterocycles. The number of carbonyl (C=O) groups is 3. The number of nitrogens with one attached hydrogen (secondary N) is 2. The molecule has 0 bridgehead atoms. The second-order valence-corrected chi connectivity index (χ2v) is 13.0. The smallest absolute Gasteiger partial charge is 0.315 e. The number of benzene rings is 2. The normalized spacial score (nSPS) is 14.9. The third-order valence-corrected chi connectivity index (χ3v) is 9.06. The molecular weight excluding hydrogens is 768 g/mol. The maximum Gasteiger partial charge on any atom is 0.315 e. The third kappa shape index (κ3) is 10.2. The summed E-state index contributed by atoms with van der Waals surface area (Å²) in [5.74, 6) is -1.58. The molecule has 6 rings (SSSR count). The second-order valence-electron chi connectivity index (χ2n) is 11.2. The van der Waals surface area contributed by atoms with Gasteiger partial charge in [0.1, 0.15) is 0 Å². The molecule has 12 nitrogen and oxygen atoms in total. The van der Waals surface area contributed by atoms with Gasteiger partial charge in [-0.2, -0.15) is 8.78 Å². The number of nitrogens with zero attached hydrogens (tertiary/aromatic N) is 4. The van der Waals surface area contributed by atoms with Crippen molar-refractivity contribution < 1.29 is 23.2 Å². The molecule has 0 unspecified atom stereocenters. The van der Waals surface area contributed by atoms with Crippen molar-refractivity contribution in [2.75, 3.05) is 10.6 Å². The number of hydrogen-bond acceptors (Lipinski definition) is 9. The molecule has 260 valence electrons. The van der Waals surface area contributed by atoms with Crippen LogP contribution in [0.1, 0.15) is 77.8 Å². The number of hydrogen-bond donors (Lipinski definition) is 5. The van der Waals surface area contributed by atoms with Crippen LogP contribution >= 0.6 is 31.9 Å². The summed E-state index contributed by atoms with van der Waals surface area (Å²) in [6.07, 6.45) is 9.28. The Hall–Kier alpha value is -4.57. The maximum atomic E-state index is 11.0. The van der Waals surface area contributed by atoms with Gasteiger partial charge in [-0.1, -0.05) is 63.6 Å². The van der Waals surface area contributed by atoms with Gasteiger partial charge >= 0.3 is 6.43 Å². The van der Waals surface area contributed by atoms with Crippen LogP contribution in [0.5, 0.6) is 0 Å². The highest BCUT2D eigenvalue weighted by atomic mass is 79.9. The van der Waals surface area contributed by atoms with Crippen LogP contribution in [-0.2, 0) is 15.9 Å². The van der Waals surface area contributed by atoms with E-state index in [2.05, 4.69) is 92.4 Å². The summed E-state index contributed by atoms with van der Waals surface area (Å²) < 4.78 is 23.5. The molecule has 2 heterocycles. The summed E-state index contributed by atoms with van der Waals surface area (Å²) in [6.45, 7) is 0. The average Bonchev–Trinajstić information content (AvgIpc) is 3.03. The minimum atomic E-state index is -3.01. The molecule has 0 radical (unpaired) electrons. The molecule has 16 heteroatoms. The highest BCUT2D eigenvalue weighted by Gasteiger charge is 2.40. The van der Waals surface area contributed by atoms with Crippen molar-refractivity contribution in [3.63, 3.8) is 0 Å². The second kappa shape index (κ2) is 17.2. The van der Waals surface area contributed by atoms with Crippen molar-refractivity contribution in [3.8, 4) is 0 Å². The van der Waals surface area contributed by atoms with E-state index >= 15 is 0 Å². The number of anilines is 2. The number of nitrogens with two attached hydrogens (primary N) is 3. The molecule has 8 N–H and O–H groups in total. The number of alkyl halides is 2. The first-order valence-corrected chi connectivity index (χ1v) is 16.3. The van der Waals surface area contributed by atoms with Gasteiger partial charge in [-0.05, 0) is 73.9 Å². The van der Waals surface area contributed by atoms with Crippen LogP contribution in [-0.4, -0.2) is 44.1 Å². The minimum Gasteiger partial charge on any atom is -0.366 e. The Morgan fingerprint density at radius 2 is 0.918 bits per heavy atom. The number of halogens is 4. The van der Waals surface area contributed by atoms with Gasteiger partial charge in [0.2, 0.25) is 11.9 Å². The Balaban J connectivity index is 0.000000224. The number of primary amides is 3. The standard InChI is InChI=1S/2C15H15BrN4O.C2H3F2NO.CH4/c2*16-12-4-2-11(3-5-12)15(6-1-7-15)20-14-18-8-10(9-19-14)13(17)21;3-1(4)2(5)6;/h2*2-5,8-9H,1,6-7H2,(H2,17,21)(H,18,19,20);1H,(H2,5,6);1H4. The van der Waals surface area contributed by atoms with Crippen LogP contribution in [0, 0.1) is 0 Å². The zero-order valence-electron chi connectivity index (χ0n) is 25.5. The molecule has 4 aromatic rings. The molecule has 2 aliphatic rings. The lowest BCUT2D eigenvalue weighted by Gasteiger charge is -2.43. The molecule has 0 atom stereocenters. The monoisotopic (exact) mass is 803 g/mol. The lowest BCUT2D eigenvalue weighted by Crippen LogP contribution is -2.42.